The van der Waals surface area contributed by atoms with E-state index in [9.17, 15) is 4.79 Å². The Bertz CT molecular complexity index is 433. The van der Waals surface area contributed by atoms with Crippen molar-refractivity contribution in [3.05, 3.63) is 28.2 Å². The van der Waals surface area contributed by atoms with Gasteiger partial charge in [0.25, 0.3) is 0 Å². The average Bonchev–Trinajstić information content (AvgIpc) is 2.21. The molecule has 6 heteroatoms. The fraction of sp³-hybridized carbons (Fsp3) is 0.364. The smallest absolute Gasteiger partial charge is 0.238 e. The lowest BCUT2D eigenvalue weighted by atomic mass is 10.2. The summed E-state index contributed by atoms with van der Waals surface area (Å²) in [7, 11) is 0. The molecule has 92 valence electrons. The van der Waals surface area contributed by atoms with Crippen LogP contribution in [0.5, 0.6) is 0 Å². The Hall–Kier alpha value is -0.810. The number of halogens is 2. The third-order valence-corrected chi connectivity index (χ3v) is 3.25. The third-order valence-electron chi connectivity index (χ3n) is 2.51. The number of nitrogens with one attached hydrogen (secondary N) is 1. The predicted molar refractivity (Wildman–Crippen MR) is 67.5 cm³/mol. The fourth-order valence-corrected chi connectivity index (χ4v) is 1.95. The van der Waals surface area contributed by atoms with E-state index >= 15 is 0 Å². The zero-order valence-electron chi connectivity index (χ0n) is 8.99. The zero-order valence-corrected chi connectivity index (χ0v) is 10.5. The molecule has 1 fully saturated rings. The molecular weight excluding hydrogens is 263 g/mol. The summed E-state index contributed by atoms with van der Waals surface area (Å²) < 4.78 is 0. The molecule has 0 spiro atoms. The minimum absolute atomic E-state index is 0.129. The van der Waals surface area contributed by atoms with E-state index in [0.29, 0.717) is 28.8 Å². The summed E-state index contributed by atoms with van der Waals surface area (Å²) >= 11 is 11.6. The molecule has 0 atom stereocenters. The summed E-state index contributed by atoms with van der Waals surface area (Å²) in [6.07, 6.45) is -0.298. The maximum Gasteiger partial charge on any atom is 0.238 e. The SMILES string of the molecule is O=C(CN1CC(O)C1)Nc1ccc(Cl)c(Cl)c1. The maximum atomic E-state index is 11.6. The van der Waals surface area contributed by atoms with Crippen LogP contribution >= 0.6 is 23.2 Å². The number of aliphatic hydroxyl groups is 1. The molecule has 0 unspecified atom stereocenters. The monoisotopic (exact) mass is 274 g/mol. The Morgan fingerprint density at radius 1 is 1.41 bits per heavy atom. The van der Waals surface area contributed by atoms with Crippen LogP contribution in [0.1, 0.15) is 0 Å². The van der Waals surface area contributed by atoms with Crippen molar-refractivity contribution in [1.82, 2.24) is 4.90 Å². The van der Waals surface area contributed by atoms with Gasteiger partial charge in [-0.05, 0) is 18.2 Å². The normalized spacial score (nSPS) is 16.6. The van der Waals surface area contributed by atoms with Crippen LogP contribution in [0.3, 0.4) is 0 Å². The van der Waals surface area contributed by atoms with E-state index in [1.165, 1.54) is 0 Å². The molecule has 4 nitrogen and oxygen atoms in total. The quantitative estimate of drug-likeness (QED) is 0.881. The highest BCUT2D eigenvalue weighted by atomic mass is 35.5. The first-order valence-electron chi connectivity index (χ1n) is 5.20. The molecule has 0 aromatic heterocycles. The van der Waals surface area contributed by atoms with E-state index < -0.39 is 0 Å². The Morgan fingerprint density at radius 2 is 2.12 bits per heavy atom. The van der Waals surface area contributed by atoms with Crippen molar-refractivity contribution in [2.45, 2.75) is 6.10 Å². The molecule has 1 amide bonds. The Labute approximate surface area is 109 Å². The first-order chi connectivity index (χ1) is 8.04. The second-order valence-electron chi connectivity index (χ2n) is 4.02. The van der Waals surface area contributed by atoms with Crippen LogP contribution in [0.15, 0.2) is 18.2 Å². The highest BCUT2D eigenvalue weighted by Crippen LogP contribution is 2.24. The number of rotatable bonds is 3. The van der Waals surface area contributed by atoms with Crippen molar-refractivity contribution in [1.29, 1.82) is 0 Å². The molecule has 1 saturated heterocycles. The second kappa shape index (κ2) is 5.23. The molecule has 1 aromatic rings. The van der Waals surface area contributed by atoms with Crippen molar-refractivity contribution in [2.75, 3.05) is 25.0 Å². The molecule has 1 heterocycles. The molecule has 1 aliphatic heterocycles. The number of carbonyl (C=O) groups excluding carboxylic acids is 1. The number of carbonyl (C=O) groups is 1. The number of likely N-dealkylation sites (tertiary alicyclic amines) is 1. The van der Waals surface area contributed by atoms with Gasteiger partial charge in [-0.15, -0.1) is 0 Å². The Morgan fingerprint density at radius 3 is 2.71 bits per heavy atom. The predicted octanol–water partition coefficient (Wildman–Crippen LogP) is 1.61. The highest BCUT2D eigenvalue weighted by Gasteiger charge is 2.25. The molecule has 0 saturated carbocycles. The van der Waals surface area contributed by atoms with E-state index in [0.717, 1.165) is 0 Å². The Balaban J connectivity index is 1.87. The van der Waals surface area contributed by atoms with Gasteiger partial charge in [0.15, 0.2) is 0 Å². The summed E-state index contributed by atoms with van der Waals surface area (Å²) in [6, 6.07) is 4.93. The molecule has 1 aromatic carbocycles. The van der Waals surface area contributed by atoms with Gasteiger partial charge >= 0.3 is 0 Å². The van der Waals surface area contributed by atoms with Gasteiger partial charge in [-0.25, -0.2) is 0 Å². The Kier molecular flexibility index (Phi) is 3.89. The van der Waals surface area contributed by atoms with Crippen molar-refractivity contribution < 1.29 is 9.90 Å². The number of amides is 1. The second-order valence-corrected chi connectivity index (χ2v) is 4.84. The first kappa shape index (κ1) is 12.6. The van der Waals surface area contributed by atoms with Crippen LogP contribution in [-0.2, 0) is 4.79 Å². The number of β-amino-alcohol motifs (C(OH)–C–C–N with tert-alkyl or cyclic N) is 1. The summed E-state index contributed by atoms with van der Waals surface area (Å²) in [5, 5.41) is 12.7. The van der Waals surface area contributed by atoms with E-state index in [1.54, 1.807) is 18.2 Å². The van der Waals surface area contributed by atoms with Crippen LogP contribution in [0.4, 0.5) is 5.69 Å². The van der Waals surface area contributed by atoms with Crippen molar-refractivity contribution in [3.63, 3.8) is 0 Å². The average molecular weight is 275 g/mol. The largest absolute Gasteiger partial charge is 0.390 e. The van der Waals surface area contributed by atoms with Gasteiger partial charge < -0.3 is 10.4 Å². The van der Waals surface area contributed by atoms with E-state index in [1.807, 2.05) is 4.90 Å². The summed E-state index contributed by atoms with van der Waals surface area (Å²) in [4.78, 5) is 13.5. The van der Waals surface area contributed by atoms with Gasteiger partial charge in [0.05, 0.1) is 22.7 Å². The maximum absolute atomic E-state index is 11.6. The molecule has 1 aliphatic rings. The molecule has 0 bridgehead atoms. The molecule has 2 rings (SSSR count). The van der Waals surface area contributed by atoms with Crippen LogP contribution in [0.2, 0.25) is 10.0 Å². The number of hydrogen-bond acceptors (Lipinski definition) is 3. The standard InChI is InChI=1S/C11H12Cl2N2O2/c12-9-2-1-7(3-10(9)13)14-11(17)6-15-4-8(16)5-15/h1-3,8,16H,4-6H2,(H,14,17). The van der Waals surface area contributed by atoms with Crippen LogP contribution in [0.25, 0.3) is 0 Å². The fourth-order valence-electron chi connectivity index (χ4n) is 1.65. The van der Waals surface area contributed by atoms with E-state index in [4.69, 9.17) is 28.3 Å². The van der Waals surface area contributed by atoms with Gasteiger partial charge in [-0.1, -0.05) is 23.2 Å². The van der Waals surface area contributed by atoms with Crippen molar-refractivity contribution in [3.8, 4) is 0 Å². The number of benzene rings is 1. The minimum Gasteiger partial charge on any atom is -0.390 e. The molecule has 0 aliphatic carbocycles. The molecule has 0 radical (unpaired) electrons. The van der Waals surface area contributed by atoms with Gasteiger partial charge in [0.1, 0.15) is 0 Å². The summed E-state index contributed by atoms with van der Waals surface area (Å²) in [5.74, 6) is -0.129. The van der Waals surface area contributed by atoms with Crippen LogP contribution in [0, 0.1) is 0 Å². The molecule has 2 N–H and O–H groups in total. The van der Waals surface area contributed by atoms with E-state index in [2.05, 4.69) is 5.32 Å². The zero-order chi connectivity index (χ0) is 12.4. The van der Waals surface area contributed by atoms with Crippen molar-refractivity contribution in [2.24, 2.45) is 0 Å². The van der Waals surface area contributed by atoms with Crippen LogP contribution in [-0.4, -0.2) is 41.7 Å². The topological polar surface area (TPSA) is 52.6 Å². The first-order valence-corrected chi connectivity index (χ1v) is 5.95. The lowest BCUT2D eigenvalue weighted by Gasteiger charge is -2.34. The highest BCUT2D eigenvalue weighted by molar-refractivity contribution is 6.42. The van der Waals surface area contributed by atoms with Gasteiger partial charge in [0, 0.05) is 18.8 Å². The molecule has 17 heavy (non-hydrogen) atoms. The van der Waals surface area contributed by atoms with E-state index in [-0.39, 0.29) is 18.6 Å². The van der Waals surface area contributed by atoms with Gasteiger partial charge in [-0.2, -0.15) is 0 Å². The summed E-state index contributed by atoms with van der Waals surface area (Å²) in [5.41, 5.74) is 0.616. The summed E-state index contributed by atoms with van der Waals surface area (Å²) in [6.45, 7) is 1.38. The number of nitrogens with zero attached hydrogens (tertiary/aromatic N) is 1. The lowest BCUT2D eigenvalue weighted by molar-refractivity contribution is -0.119. The van der Waals surface area contributed by atoms with Gasteiger partial charge in [-0.3, -0.25) is 9.69 Å². The minimum atomic E-state index is -0.298. The molecular formula is C11H12Cl2N2O2. The third kappa shape index (κ3) is 3.33. The number of hydrogen-bond donors (Lipinski definition) is 2. The number of anilines is 1. The van der Waals surface area contributed by atoms with Crippen LogP contribution < -0.4 is 5.32 Å². The van der Waals surface area contributed by atoms with Gasteiger partial charge in [0.2, 0.25) is 5.91 Å². The number of aliphatic hydroxyl groups excluding tert-OH is 1. The van der Waals surface area contributed by atoms with Crippen molar-refractivity contribution >= 4 is 34.8 Å². The lowest BCUT2D eigenvalue weighted by Crippen LogP contribution is -2.53.